The third kappa shape index (κ3) is 7.23. The normalized spacial score (nSPS) is 12.2. The summed E-state index contributed by atoms with van der Waals surface area (Å²) >= 11 is 0. The van der Waals surface area contributed by atoms with Crippen LogP contribution in [0, 0.1) is 10.1 Å². The molecule has 0 aliphatic carbocycles. The maximum atomic E-state index is 12.1. The van der Waals surface area contributed by atoms with E-state index in [1.807, 2.05) is 35.7 Å². The number of nitrogens with zero attached hydrogens (tertiary/aromatic N) is 1. The Morgan fingerprint density at radius 2 is 1.77 bits per heavy atom. The van der Waals surface area contributed by atoms with Crippen LogP contribution in [0.4, 0.5) is 5.69 Å². The van der Waals surface area contributed by atoms with Gasteiger partial charge in [0.15, 0.2) is 0 Å². The molecule has 0 aromatic heterocycles. The summed E-state index contributed by atoms with van der Waals surface area (Å²) in [4.78, 5) is 10.2. The first-order valence-electron chi connectivity index (χ1n) is 7.73. The van der Waals surface area contributed by atoms with Crippen molar-refractivity contribution < 1.29 is 13.9 Å². The third-order valence-corrected chi connectivity index (χ3v) is 6.57. The predicted molar refractivity (Wildman–Crippen MR) is 111 cm³/mol. The summed E-state index contributed by atoms with van der Waals surface area (Å²) in [6, 6.07) is 14.1. The van der Waals surface area contributed by atoms with Crippen molar-refractivity contribution in [3.8, 4) is 5.75 Å². The summed E-state index contributed by atoms with van der Waals surface area (Å²) in [6.45, 7) is 0. The number of ether oxygens (including phenoxy) is 1. The van der Waals surface area contributed by atoms with E-state index in [0.29, 0.717) is 11.5 Å². The summed E-state index contributed by atoms with van der Waals surface area (Å²) in [5.41, 5.74) is 2.16. The fourth-order valence-corrected chi connectivity index (χ4v) is 4.86. The van der Waals surface area contributed by atoms with E-state index in [4.69, 9.17) is 4.74 Å². The highest BCUT2D eigenvalue weighted by molar-refractivity contribution is 8.77. The second-order valence-electron chi connectivity index (χ2n) is 5.25. The molecule has 0 saturated heterocycles. The largest absolute Gasteiger partial charge is 0.497 e. The molecule has 0 N–H and O–H groups in total. The van der Waals surface area contributed by atoms with Crippen LogP contribution in [0.15, 0.2) is 60.0 Å². The maximum absolute atomic E-state index is 12.1. The quantitative estimate of drug-likeness (QED) is 0.239. The van der Waals surface area contributed by atoms with Gasteiger partial charge in [-0.25, -0.2) is 0 Å². The number of non-ortho nitro benzene ring substituents is 1. The molecule has 2 aromatic rings. The van der Waals surface area contributed by atoms with Gasteiger partial charge < -0.3 is 4.74 Å². The molecule has 2 aromatic carbocycles. The first-order chi connectivity index (χ1) is 12.6. The highest BCUT2D eigenvalue weighted by Crippen LogP contribution is 2.27. The zero-order valence-corrected chi connectivity index (χ0v) is 16.6. The van der Waals surface area contributed by atoms with Crippen molar-refractivity contribution >= 4 is 38.1 Å². The molecule has 1 atom stereocenters. The van der Waals surface area contributed by atoms with E-state index in [0.717, 1.165) is 22.6 Å². The molecule has 0 radical (unpaired) electrons. The van der Waals surface area contributed by atoms with Crippen LogP contribution in [-0.4, -0.2) is 22.0 Å². The van der Waals surface area contributed by atoms with Gasteiger partial charge in [0.2, 0.25) is 0 Å². The summed E-state index contributed by atoms with van der Waals surface area (Å²) in [7, 11) is 3.87. The number of benzene rings is 2. The van der Waals surface area contributed by atoms with Crippen LogP contribution < -0.4 is 4.74 Å². The third-order valence-electron chi connectivity index (χ3n) is 3.36. The minimum atomic E-state index is -0.942. The number of hydrogen-bond donors (Lipinski definition) is 0. The Hall–Kier alpha value is -1.77. The smallest absolute Gasteiger partial charge is 0.269 e. The molecule has 138 valence electrons. The van der Waals surface area contributed by atoms with Gasteiger partial charge in [-0.05, 0) is 28.7 Å². The van der Waals surface area contributed by atoms with Crippen molar-refractivity contribution in [2.24, 2.45) is 0 Å². The highest BCUT2D eigenvalue weighted by Gasteiger charge is 2.04. The molecular weight excluding hydrogens is 390 g/mol. The summed E-state index contributed by atoms with van der Waals surface area (Å²) in [5.74, 6) is 2.58. The average Bonchev–Trinajstić information content (AvgIpc) is 2.65. The van der Waals surface area contributed by atoms with Gasteiger partial charge in [0, 0.05) is 40.2 Å². The van der Waals surface area contributed by atoms with Crippen LogP contribution in [0.25, 0.3) is 0 Å². The van der Waals surface area contributed by atoms with E-state index in [1.165, 1.54) is 12.1 Å². The molecule has 1 unspecified atom stereocenters. The molecule has 0 bridgehead atoms. The highest BCUT2D eigenvalue weighted by atomic mass is 33.1. The molecule has 0 heterocycles. The molecule has 0 amide bonds. The first-order valence-corrected chi connectivity index (χ1v) is 11.6. The Kier molecular flexibility index (Phi) is 8.73. The second kappa shape index (κ2) is 11.1. The van der Waals surface area contributed by atoms with Gasteiger partial charge >= 0.3 is 0 Å². The van der Waals surface area contributed by atoms with E-state index in [1.54, 1.807) is 40.8 Å². The molecule has 8 heteroatoms. The van der Waals surface area contributed by atoms with E-state index in [-0.39, 0.29) is 5.69 Å². The topological polar surface area (TPSA) is 69.4 Å². The Labute approximate surface area is 163 Å². The van der Waals surface area contributed by atoms with Gasteiger partial charge in [-0.3, -0.25) is 14.3 Å². The van der Waals surface area contributed by atoms with Gasteiger partial charge in [-0.15, -0.1) is 0 Å². The van der Waals surface area contributed by atoms with Crippen LogP contribution in [0.1, 0.15) is 11.1 Å². The zero-order valence-electron chi connectivity index (χ0n) is 14.2. The Bertz CT molecular complexity index is 761. The fraction of sp³-hybridized carbons (Fsp3) is 0.222. The molecule has 0 spiro atoms. The molecule has 2 rings (SSSR count). The summed E-state index contributed by atoms with van der Waals surface area (Å²) in [6.07, 6.45) is 1.91. The molecule has 26 heavy (non-hydrogen) atoms. The van der Waals surface area contributed by atoms with Crippen LogP contribution in [0.5, 0.6) is 5.75 Å². The van der Waals surface area contributed by atoms with Crippen molar-refractivity contribution in [1.29, 1.82) is 0 Å². The van der Waals surface area contributed by atoms with Gasteiger partial charge in [-0.2, -0.15) is 0 Å². The average molecular weight is 410 g/mol. The standard InChI is InChI=1S/C18H19NO4S3/c1-23-18-9-5-16(6-10-18)14-26(22)12-2-11-24-25-13-15-3-7-17(8-4-15)19(20)21/h2-11H,12-14H2,1H3/b11-2-. The SMILES string of the molecule is COc1ccc(CS(=O)C/C=C\SSCc2ccc([N+](=O)[O-])cc2)cc1. The van der Waals surface area contributed by atoms with Gasteiger partial charge in [0.05, 0.1) is 12.0 Å². The lowest BCUT2D eigenvalue weighted by atomic mass is 10.2. The first kappa shape index (κ1) is 20.5. The fourth-order valence-electron chi connectivity index (χ4n) is 2.01. The Morgan fingerprint density at radius 3 is 2.38 bits per heavy atom. The molecule has 0 saturated carbocycles. The van der Waals surface area contributed by atoms with Gasteiger partial charge in [0.1, 0.15) is 5.75 Å². The Balaban J connectivity index is 1.65. The molecule has 0 fully saturated rings. The van der Waals surface area contributed by atoms with Crippen molar-refractivity contribution in [3.05, 3.63) is 81.3 Å². The monoisotopic (exact) mass is 409 g/mol. The number of nitro benzene ring substituents is 1. The molecule has 5 nitrogen and oxygen atoms in total. The van der Waals surface area contributed by atoms with Crippen molar-refractivity contribution in [2.45, 2.75) is 11.5 Å². The van der Waals surface area contributed by atoms with E-state index in [2.05, 4.69) is 0 Å². The Morgan fingerprint density at radius 1 is 1.12 bits per heavy atom. The molecule has 0 aliphatic heterocycles. The number of rotatable bonds is 10. The van der Waals surface area contributed by atoms with Crippen LogP contribution in [0.2, 0.25) is 0 Å². The number of hydrogen-bond acceptors (Lipinski definition) is 6. The van der Waals surface area contributed by atoms with Crippen LogP contribution >= 0.6 is 21.6 Å². The van der Waals surface area contributed by atoms with Crippen LogP contribution in [0.3, 0.4) is 0 Å². The zero-order chi connectivity index (χ0) is 18.8. The minimum absolute atomic E-state index is 0.102. The molecule has 0 aliphatic rings. The molecular formula is C18H19NO4S3. The summed E-state index contributed by atoms with van der Waals surface area (Å²) < 4.78 is 17.2. The van der Waals surface area contributed by atoms with Crippen molar-refractivity contribution in [1.82, 2.24) is 0 Å². The van der Waals surface area contributed by atoms with E-state index < -0.39 is 15.7 Å². The lowest BCUT2D eigenvalue weighted by Crippen LogP contribution is -1.98. The van der Waals surface area contributed by atoms with Crippen molar-refractivity contribution in [2.75, 3.05) is 12.9 Å². The minimum Gasteiger partial charge on any atom is -0.497 e. The van der Waals surface area contributed by atoms with E-state index in [9.17, 15) is 14.3 Å². The number of methoxy groups -OCH3 is 1. The summed E-state index contributed by atoms with van der Waals surface area (Å²) in [5, 5.41) is 12.5. The maximum Gasteiger partial charge on any atom is 0.269 e. The van der Waals surface area contributed by atoms with Gasteiger partial charge in [-0.1, -0.05) is 51.9 Å². The van der Waals surface area contributed by atoms with Gasteiger partial charge in [0.25, 0.3) is 5.69 Å². The predicted octanol–water partition coefficient (Wildman–Crippen LogP) is 4.95. The van der Waals surface area contributed by atoms with Crippen LogP contribution in [-0.2, 0) is 22.3 Å². The lowest BCUT2D eigenvalue weighted by molar-refractivity contribution is -0.384. The lowest BCUT2D eigenvalue weighted by Gasteiger charge is -2.02. The van der Waals surface area contributed by atoms with E-state index >= 15 is 0 Å². The number of nitro groups is 1. The van der Waals surface area contributed by atoms with Crippen molar-refractivity contribution in [3.63, 3.8) is 0 Å². The second-order valence-corrected chi connectivity index (χ2v) is 9.03.